The minimum absolute atomic E-state index is 0.0703. The normalized spacial score (nSPS) is 23.9. The molecule has 1 spiro atoms. The molecule has 1 aliphatic carbocycles. The fraction of sp³-hybridized carbons (Fsp3) is 0.500. The molecular formula is C14H15F3N2OS. The standard InChI is InChI=1S/C14H15F3N2OS/c15-14(16,17)21-9-8-19-11(10-4-2-1-3-5-10)18-13(6-7-13)12(19)20/h1-5,11,18H,6-9H2. The van der Waals surface area contributed by atoms with E-state index in [-0.39, 0.29) is 36.1 Å². The lowest BCUT2D eigenvalue weighted by atomic mass is 10.1. The molecule has 1 amide bonds. The van der Waals surface area contributed by atoms with Crippen LogP contribution < -0.4 is 5.32 Å². The third-order valence-corrected chi connectivity index (χ3v) is 4.57. The summed E-state index contributed by atoms with van der Waals surface area (Å²) in [6.07, 6.45) is 1.20. The summed E-state index contributed by atoms with van der Waals surface area (Å²) in [5.74, 6) is -0.213. The van der Waals surface area contributed by atoms with Crippen molar-refractivity contribution in [2.75, 3.05) is 12.3 Å². The van der Waals surface area contributed by atoms with Crippen molar-refractivity contribution < 1.29 is 18.0 Å². The van der Waals surface area contributed by atoms with Gasteiger partial charge in [-0.25, -0.2) is 0 Å². The van der Waals surface area contributed by atoms with Crippen LogP contribution in [0.25, 0.3) is 0 Å². The first-order valence-electron chi connectivity index (χ1n) is 6.76. The zero-order chi connectivity index (χ0) is 15.1. The first-order valence-corrected chi connectivity index (χ1v) is 7.74. The van der Waals surface area contributed by atoms with Crippen LogP contribution in [0.2, 0.25) is 0 Å². The van der Waals surface area contributed by atoms with Gasteiger partial charge >= 0.3 is 5.51 Å². The Morgan fingerprint density at radius 2 is 1.95 bits per heavy atom. The van der Waals surface area contributed by atoms with Gasteiger partial charge in [-0.1, -0.05) is 30.3 Å². The van der Waals surface area contributed by atoms with E-state index in [1.54, 1.807) is 4.90 Å². The van der Waals surface area contributed by atoms with Crippen LogP contribution in [0.1, 0.15) is 24.6 Å². The number of halogens is 3. The zero-order valence-corrected chi connectivity index (χ0v) is 12.0. The lowest BCUT2D eigenvalue weighted by molar-refractivity contribution is -0.130. The van der Waals surface area contributed by atoms with Crippen molar-refractivity contribution in [3.8, 4) is 0 Å². The molecule has 1 N–H and O–H groups in total. The number of hydrogen-bond donors (Lipinski definition) is 1. The summed E-state index contributed by atoms with van der Waals surface area (Å²) in [6, 6.07) is 9.37. The van der Waals surface area contributed by atoms with Crippen LogP contribution in [-0.2, 0) is 4.79 Å². The Hall–Kier alpha value is -1.21. The van der Waals surface area contributed by atoms with Gasteiger partial charge in [-0.15, -0.1) is 0 Å². The summed E-state index contributed by atoms with van der Waals surface area (Å²) in [4.78, 5) is 13.9. The van der Waals surface area contributed by atoms with Crippen LogP contribution in [0.5, 0.6) is 0 Å². The van der Waals surface area contributed by atoms with E-state index in [2.05, 4.69) is 5.32 Å². The van der Waals surface area contributed by atoms with Gasteiger partial charge in [-0.3, -0.25) is 10.1 Å². The summed E-state index contributed by atoms with van der Waals surface area (Å²) in [5.41, 5.74) is -3.87. The largest absolute Gasteiger partial charge is 0.441 e. The molecule has 7 heteroatoms. The van der Waals surface area contributed by atoms with Gasteiger partial charge in [-0.2, -0.15) is 13.2 Å². The number of nitrogens with one attached hydrogen (secondary N) is 1. The van der Waals surface area contributed by atoms with E-state index in [0.717, 1.165) is 18.4 Å². The van der Waals surface area contributed by atoms with E-state index in [1.807, 2.05) is 30.3 Å². The molecular weight excluding hydrogens is 301 g/mol. The van der Waals surface area contributed by atoms with Crippen LogP contribution in [0.3, 0.4) is 0 Å². The second-order valence-corrected chi connectivity index (χ2v) is 6.49. The quantitative estimate of drug-likeness (QED) is 0.927. The highest BCUT2D eigenvalue weighted by Crippen LogP contribution is 2.46. The van der Waals surface area contributed by atoms with Gasteiger partial charge in [0.1, 0.15) is 11.7 Å². The molecule has 0 radical (unpaired) electrons. The van der Waals surface area contributed by atoms with Crippen molar-refractivity contribution in [2.24, 2.45) is 0 Å². The van der Waals surface area contributed by atoms with Gasteiger partial charge in [0.25, 0.3) is 0 Å². The highest BCUT2D eigenvalue weighted by molar-refractivity contribution is 8.00. The molecule has 0 bridgehead atoms. The third kappa shape index (κ3) is 3.03. The Labute approximate surface area is 124 Å². The molecule has 2 aliphatic rings. The number of rotatable bonds is 4. The van der Waals surface area contributed by atoms with Crippen LogP contribution >= 0.6 is 11.8 Å². The van der Waals surface area contributed by atoms with Crippen LogP contribution in [0.15, 0.2) is 30.3 Å². The maximum Gasteiger partial charge on any atom is 0.441 e. The van der Waals surface area contributed by atoms with E-state index in [4.69, 9.17) is 0 Å². The van der Waals surface area contributed by atoms with Crippen LogP contribution in [0, 0.1) is 0 Å². The fourth-order valence-corrected chi connectivity index (χ4v) is 3.19. The van der Waals surface area contributed by atoms with Gasteiger partial charge in [0.05, 0.1) is 0 Å². The summed E-state index contributed by atoms with van der Waals surface area (Å²) >= 11 is -0.0814. The summed E-state index contributed by atoms with van der Waals surface area (Å²) < 4.78 is 36.8. The van der Waals surface area contributed by atoms with Gasteiger partial charge in [0.15, 0.2) is 0 Å². The minimum Gasteiger partial charge on any atom is -0.320 e. The number of nitrogens with zero attached hydrogens (tertiary/aromatic N) is 1. The molecule has 3 rings (SSSR count). The Morgan fingerprint density at radius 1 is 1.29 bits per heavy atom. The maximum absolute atomic E-state index is 12.4. The third-order valence-electron chi connectivity index (χ3n) is 3.86. The second-order valence-electron chi connectivity index (χ2n) is 5.33. The molecule has 21 heavy (non-hydrogen) atoms. The number of hydrogen-bond acceptors (Lipinski definition) is 3. The molecule has 1 heterocycles. The van der Waals surface area contributed by atoms with E-state index in [9.17, 15) is 18.0 Å². The smallest absolute Gasteiger partial charge is 0.320 e. The second kappa shape index (κ2) is 5.21. The van der Waals surface area contributed by atoms with E-state index in [1.165, 1.54) is 0 Å². The topological polar surface area (TPSA) is 32.3 Å². The lowest BCUT2D eigenvalue weighted by Gasteiger charge is -2.24. The maximum atomic E-state index is 12.4. The average Bonchev–Trinajstić information content (AvgIpc) is 3.16. The van der Waals surface area contributed by atoms with E-state index >= 15 is 0 Å². The predicted octanol–water partition coefficient (Wildman–Crippen LogP) is 2.90. The lowest BCUT2D eigenvalue weighted by Crippen LogP contribution is -2.34. The summed E-state index contributed by atoms with van der Waals surface area (Å²) in [6.45, 7) is 0.0946. The Balaban J connectivity index is 1.73. The molecule has 2 fully saturated rings. The summed E-state index contributed by atoms with van der Waals surface area (Å²) in [7, 11) is 0. The van der Waals surface area contributed by atoms with Crippen molar-refractivity contribution in [1.29, 1.82) is 0 Å². The molecule has 114 valence electrons. The van der Waals surface area contributed by atoms with Crippen LogP contribution in [0.4, 0.5) is 13.2 Å². The van der Waals surface area contributed by atoms with Gasteiger partial charge in [-0.05, 0) is 30.2 Å². The van der Waals surface area contributed by atoms with Crippen LogP contribution in [-0.4, -0.2) is 34.2 Å². The van der Waals surface area contributed by atoms with Gasteiger partial charge < -0.3 is 4.90 Å². The van der Waals surface area contributed by atoms with Crippen molar-refractivity contribution in [3.63, 3.8) is 0 Å². The number of carbonyl (C=O) groups is 1. The molecule has 1 atom stereocenters. The van der Waals surface area contributed by atoms with Crippen molar-refractivity contribution in [3.05, 3.63) is 35.9 Å². The number of thioether (sulfide) groups is 1. The van der Waals surface area contributed by atoms with Crippen molar-refractivity contribution >= 4 is 17.7 Å². The highest BCUT2D eigenvalue weighted by atomic mass is 32.2. The minimum atomic E-state index is -4.25. The number of carbonyl (C=O) groups excluding carboxylic acids is 1. The predicted molar refractivity (Wildman–Crippen MR) is 74.5 cm³/mol. The van der Waals surface area contributed by atoms with E-state index in [0.29, 0.717) is 0 Å². The van der Waals surface area contributed by atoms with Gasteiger partial charge in [0, 0.05) is 12.3 Å². The SMILES string of the molecule is O=C1N(CCSC(F)(F)F)C(c2ccccc2)NC12CC2. The first-order chi connectivity index (χ1) is 9.91. The monoisotopic (exact) mass is 316 g/mol. The highest BCUT2D eigenvalue weighted by Gasteiger charge is 2.59. The van der Waals surface area contributed by atoms with Crippen molar-refractivity contribution in [1.82, 2.24) is 10.2 Å². The van der Waals surface area contributed by atoms with E-state index < -0.39 is 11.0 Å². The summed E-state index contributed by atoms with van der Waals surface area (Å²) in [5, 5.41) is 3.29. The first kappa shape index (κ1) is 14.7. The number of alkyl halides is 3. The molecule has 0 aromatic heterocycles. The average molecular weight is 316 g/mol. The molecule has 1 aromatic rings. The Morgan fingerprint density at radius 3 is 2.52 bits per heavy atom. The van der Waals surface area contributed by atoms with Crippen molar-refractivity contribution in [2.45, 2.75) is 30.1 Å². The Bertz CT molecular complexity index is 531. The molecule has 1 saturated heterocycles. The molecule has 3 nitrogen and oxygen atoms in total. The van der Waals surface area contributed by atoms with Gasteiger partial charge in [0.2, 0.25) is 5.91 Å². The zero-order valence-electron chi connectivity index (χ0n) is 11.2. The fourth-order valence-electron chi connectivity index (χ4n) is 2.67. The molecule has 1 saturated carbocycles. The molecule has 1 aromatic carbocycles. The number of amides is 1. The molecule has 1 unspecified atom stereocenters. The number of benzene rings is 1. The Kier molecular flexibility index (Phi) is 3.65. The molecule has 1 aliphatic heterocycles.